The molecule has 2 aromatic carbocycles. The largest absolute Gasteiger partial charge is 0.329 e. The summed E-state index contributed by atoms with van der Waals surface area (Å²) in [5.41, 5.74) is 2.39. The number of hydrogen-bond acceptors (Lipinski definition) is 4. The lowest BCUT2D eigenvalue weighted by Crippen LogP contribution is -2.34. The summed E-state index contributed by atoms with van der Waals surface area (Å²) in [4.78, 5) is 26.1. The third kappa shape index (κ3) is 5.28. The number of nitrogens with one attached hydrogen (secondary N) is 2. The van der Waals surface area contributed by atoms with Crippen molar-refractivity contribution in [2.75, 3.05) is 16.8 Å². The van der Waals surface area contributed by atoms with E-state index >= 15 is 0 Å². The SMILES string of the molecule is O=C(NSc1ccc(Cl)s1)Nc1ccc(N2CC=C(c3ccccc3)CC2=O)c(F)c1. The molecule has 31 heavy (non-hydrogen) atoms. The zero-order valence-electron chi connectivity index (χ0n) is 16.1. The number of amides is 3. The topological polar surface area (TPSA) is 61.4 Å². The Morgan fingerprint density at radius 2 is 1.94 bits per heavy atom. The molecular formula is C22H17ClFN3O2S2. The molecule has 5 nitrogen and oxygen atoms in total. The summed E-state index contributed by atoms with van der Waals surface area (Å²) in [6, 6.07) is 17.0. The number of hydrogen-bond donors (Lipinski definition) is 2. The summed E-state index contributed by atoms with van der Waals surface area (Å²) >= 11 is 8.31. The first-order valence-electron chi connectivity index (χ1n) is 9.33. The normalized spacial score (nSPS) is 13.7. The van der Waals surface area contributed by atoms with Crippen LogP contribution in [-0.4, -0.2) is 18.5 Å². The van der Waals surface area contributed by atoms with E-state index in [1.165, 1.54) is 28.4 Å². The fourth-order valence-corrected chi connectivity index (χ4v) is 5.00. The monoisotopic (exact) mass is 473 g/mol. The van der Waals surface area contributed by atoms with E-state index in [0.717, 1.165) is 27.3 Å². The predicted molar refractivity (Wildman–Crippen MR) is 125 cm³/mol. The van der Waals surface area contributed by atoms with Crippen LogP contribution in [0.5, 0.6) is 0 Å². The van der Waals surface area contributed by atoms with Crippen molar-refractivity contribution < 1.29 is 14.0 Å². The fourth-order valence-electron chi connectivity index (χ4n) is 3.15. The molecule has 0 saturated carbocycles. The summed E-state index contributed by atoms with van der Waals surface area (Å²) in [6.45, 7) is 0.285. The Hall–Kier alpha value is -2.81. The molecule has 4 rings (SSSR count). The first-order chi connectivity index (χ1) is 15.0. The van der Waals surface area contributed by atoms with Crippen molar-refractivity contribution >= 4 is 63.8 Å². The lowest BCUT2D eigenvalue weighted by Gasteiger charge is -2.27. The lowest BCUT2D eigenvalue weighted by molar-refractivity contribution is -0.117. The Morgan fingerprint density at radius 1 is 1.13 bits per heavy atom. The van der Waals surface area contributed by atoms with Gasteiger partial charge in [0.25, 0.3) is 0 Å². The molecule has 0 spiro atoms. The van der Waals surface area contributed by atoms with Gasteiger partial charge in [-0.15, -0.1) is 11.3 Å². The average Bonchev–Trinajstić information content (AvgIpc) is 3.19. The second kappa shape index (κ2) is 9.55. The van der Waals surface area contributed by atoms with Gasteiger partial charge in [0.2, 0.25) is 5.91 Å². The number of halogens is 2. The van der Waals surface area contributed by atoms with E-state index in [-0.39, 0.29) is 30.2 Å². The quantitative estimate of drug-likeness (QED) is 0.434. The smallest absolute Gasteiger partial charge is 0.307 e. The summed E-state index contributed by atoms with van der Waals surface area (Å²) in [5, 5.41) is 2.58. The minimum Gasteiger partial charge on any atom is -0.307 e. The van der Waals surface area contributed by atoms with Crippen molar-refractivity contribution in [3.63, 3.8) is 0 Å². The second-order valence-electron chi connectivity index (χ2n) is 6.66. The van der Waals surface area contributed by atoms with Crippen molar-refractivity contribution in [2.45, 2.75) is 10.6 Å². The van der Waals surface area contributed by atoms with Crippen LogP contribution in [0.3, 0.4) is 0 Å². The molecule has 3 aromatic rings. The van der Waals surface area contributed by atoms with E-state index in [9.17, 15) is 14.0 Å². The molecule has 0 aliphatic carbocycles. The molecule has 158 valence electrons. The summed E-state index contributed by atoms with van der Waals surface area (Å²) in [7, 11) is 0. The Bertz CT molecular complexity index is 1150. The van der Waals surface area contributed by atoms with Crippen molar-refractivity contribution in [2.24, 2.45) is 0 Å². The summed E-state index contributed by atoms with van der Waals surface area (Å²) < 4.78 is 18.8. The van der Waals surface area contributed by atoms with Crippen LogP contribution in [0.1, 0.15) is 12.0 Å². The fraction of sp³-hybridized carbons (Fsp3) is 0.0909. The van der Waals surface area contributed by atoms with Gasteiger partial charge in [0.05, 0.1) is 20.7 Å². The minimum atomic E-state index is -0.583. The zero-order valence-corrected chi connectivity index (χ0v) is 18.5. The van der Waals surface area contributed by atoms with Crippen LogP contribution >= 0.6 is 34.9 Å². The molecule has 1 aromatic heterocycles. The first kappa shape index (κ1) is 21.4. The molecule has 2 N–H and O–H groups in total. The van der Waals surface area contributed by atoms with E-state index in [1.807, 2.05) is 36.4 Å². The molecule has 9 heteroatoms. The van der Waals surface area contributed by atoms with Gasteiger partial charge in [0.1, 0.15) is 5.82 Å². The van der Waals surface area contributed by atoms with Gasteiger partial charge in [0.15, 0.2) is 0 Å². The van der Waals surface area contributed by atoms with E-state index in [0.29, 0.717) is 4.34 Å². The summed E-state index contributed by atoms with van der Waals surface area (Å²) in [5.74, 6) is -0.759. The second-order valence-corrected chi connectivity index (χ2v) is 9.48. The van der Waals surface area contributed by atoms with Crippen LogP contribution in [0.2, 0.25) is 4.34 Å². The van der Waals surface area contributed by atoms with Crippen molar-refractivity contribution in [3.05, 3.63) is 82.5 Å². The van der Waals surface area contributed by atoms with Gasteiger partial charge < -0.3 is 10.2 Å². The van der Waals surface area contributed by atoms with Gasteiger partial charge in [-0.1, -0.05) is 48.0 Å². The number of thiophene rings is 1. The maximum atomic E-state index is 14.7. The molecule has 1 aliphatic rings. The Kier molecular flexibility index (Phi) is 6.60. The Morgan fingerprint density at radius 3 is 2.61 bits per heavy atom. The standard InChI is InChI=1S/C22H17ClFN3O2S2/c23-19-8-9-21(30-19)31-26-22(29)25-16-6-7-18(17(24)13-16)27-11-10-15(12-20(27)28)14-4-2-1-3-5-14/h1-10,13H,11-12H2,(H2,25,26,29). The molecule has 0 bridgehead atoms. The van der Waals surface area contributed by atoms with Crippen LogP contribution in [0.15, 0.2) is 70.9 Å². The van der Waals surface area contributed by atoms with E-state index < -0.39 is 11.8 Å². The number of benzene rings is 2. The molecule has 1 aliphatic heterocycles. The van der Waals surface area contributed by atoms with Gasteiger partial charge in [0, 0.05) is 12.2 Å². The number of nitrogens with zero attached hydrogens (tertiary/aromatic N) is 1. The first-order valence-corrected chi connectivity index (χ1v) is 11.3. The van der Waals surface area contributed by atoms with Crippen molar-refractivity contribution in [1.29, 1.82) is 0 Å². The highest BCUT2D eigenvalue weighted by Crippen LogP contribution is 2.30. The van der Waals surface area contributed by atoms with Gasteiger partial charge in [-0.3, -0.25) is 9.52 Å². The Labute approximate surface area is 192 Å². The van der Waals surface area contributed by atoms with Gasteiger partial charge in [-0.25, -0.2) is 9.18 Å². The van der Waals surface area contributed by atoms with Gasteiger partial charge >= 0.3 is 6.03 Å². The maximum Gasteiger partial charge on any atom is 0.329 e. The third-order valence-corrected chi connectivity index (χ3v) is 6.75. The molecule has 2 heterocycles. The molecule has 0 atom stereocenters. The molecule has 0 radical (unpaired) electrons. The van der Waals surface area contributed by atoms with Crippen LogP contribution in [0.25, 0.3) is 5.57 Å². The zero-order chi connectivity index (χ0) is 21.8. The van der Waals surface area contributed by atoms with Crippen LogP contribution in [-0.2, 0) is 4.79 Å². The highest BCUT2D eigenvalue weighted by atomic mass is 35.5. The lowest BCUT2D eigenvalue weighted by atomic mass is 9.98. The molecule has 3 amide bonds. The molecule has 0 unspecified atom stereocenters. The van der Waals surface area contributed by atoms with E-state index in [2.05, 4.69) is 10.0 Å². The minimum absolute atomic E-state index is 0.176. The van der Waals surface area contributed by atoms with Crippen LogP contribution < -0.4 is 14.9 Å². The van der Waals surface area contributed by atoms with Crippen LogP contribution in [0.4, 0.5) is 20.6 Å². The highest BCUT2D eigenvalue weighted by molar-refractivity contribution is 7.99. The van der Waals surface area contributed by atoms with E-state index in [4.69, 9.17) is 11.6 Å². The summed E-state index contributed by atoms with van der Waals surface area (Å²) in [6.07, 6.45) is 2.14. The molecular weight excluding hydrogens is 457 g/mol. The van der Waals surface area contributed by atoms with Gasteiger partial charge in [-0.05, 0) is 53.4 Å². The average molecular weight is 474 g/mol. The Balaban J connectivity index is 1.40. The van der Waals surface area contributed by atoms with Crippen molar-refractivity contribution in [1.82, 2.24) is 4.72 Å². The third-order valence-electron chi connectivity index (χ3n) is 4.60. The van der Waals surface area contributed by atoms with Crippen LogP contribution in [0, 0.1) is 5.82 Å². The number of urea groups is 1. The van der Waals surface area contributed by atoms with E-state index in [1.54, 1.807) is 18.2 Å². The number of carbonyl (C=O) groups is 2. The number of rotatable bonds is 5. The number of carbonyl (C=O) groups excluding carboxylic acids is 2. The number of anilines is 2. The molecule has 0 fully saturated rings. The maximum absolute atomic E-state index is 14.7. The predicted octanol–water partition coefficient (Wildman–Crippen LogP) is 6.19. The molecule has 0 saturated heterocycles. The van der Waals surface area contributed by atoms with Crippen molar-refractivity contribution in [3.8, 4) is 0 Å². The highest BCUT2D eigenvalue weighted by Gasteiger charge is 2.24. The van der Waals surface area contributed by atoms with Gasteiger partial charge in [-0.2, -0.15) is 0 Å².